The molecule has 2 N–H and O–H groups in total. The highest BCUT2D eigenvalue weighted by Gasteiger charge is 2.44. The lowest BCUT2D eigenvalue weighted by atomic mass is 9.74. The number of H-pyrrole nitrogens is 1. The summed E-state index contributed by atoms with van der Waals surface area (Å²) in [5.74, 6) is -0.873. The zero-order chi connectivity index (χ0) is 26.4. The fourth-order valence-electron chi connectivity index (χ4n) is 6.33. The van der Waals surface area contributed by atoms with Crippen molar-refractivity contribution in [3.63, 3.8) is 0 Å². The van der Waals surface area contributed by atoms with Gasteiger partial charge in [0.1, 0.15) is 0 Å². The molecule has 38 heavy (non-hydrogen) atoms. The predicted octanol–water partition coefficient (Wildman–Crippen LogP) is 5.07. The van der Waals surface area contributed by atoms with Crippen molar-refractivity contribution in [3.05, 3.63) is 47.5 Å². The fourth-order valence-corrected chi connectivity index (χ4v) is 6.33. The first-order valence-corrected chi connectivity index (χ1v) is 13.0. The molecule has 0 spiro atoms. The van der Waals surface area contributed by atoms with Crippen LogP contribution in [-0.4, -0.2) is 63.9 Å². The number of hydrogen-bond donors (Lipinski definition) is 2. The number of nitrogens with zero attached hydrogens (tertiary/aromatic N) is 3. The number of carboxylic acid groups (broad SMARTS) is 1. The number of hydrogen-bond acceptors (Lipinski definition) is 6. The lowest BCUT2D eigenvalue weighted by molar-refractivity contribution is -0.166. The monoisotopic (exact) mass is 522 g/mol. The number of nitrogens with one attached hydrogen (secondary N) is 1. The molecule has 4 heterocycles. The van der Waals surface area contributed by atoms with Gasteiger partial charge >= 0.3 is 5.97 Å². The number of fused-ring (bicyclic) bond motifs is 2. The lowest BCUT2D eigenvalue weighted by Crippen LogP contribution is -2.43. The van der Waals surface area contributed by atoms with Crippen LogP contribution in [0.1, 0.15) is 61.6 Å². The Balaban J connectivity index is 1.60. The van der Waals surface area contributed by atoms with Gasteiger partial charge in [-0.3, -0.25) is 5.10 Å². The van der Waals surface area contributed by atoms with Gasteiger partial charge in [0.2, 0.25) is 0 Å². The Morgan fingerprint density at radius 1 is 1.16 bits per heavy atom. The minimum atomic E-state index is -1.16. The minimum absolute atomic E-state index is 0.0921. The number of halogens is 1. The van der Waals surface area contributed by atoms with Gasteiger partial charge in [-0.1, -0.05) is 0 Å². The summed E-state index contributed by atoms with van der Waals surface area (Å²) >= 11 is 0. The van der Waals surface area contributed by atoms with Gasteiger partial charge in [-0.05, 0) is 62.6 Å². The molecule has 6 rings (SSSR count). The van der Waals surface area contributed by atoms with Crippen LogP contribution < -0.4 is 4.74 Å². The van der Waals surface area contributed by atoms with Crippen molar-refractivity contribution >= 4 is 28.0 Å². The van der Waals surface area contributed by atoms with Gasteiger partial charge in [-0.25, -0.2) is 14.2 Å². The zero-order valence-electron chi connectivity index (χ0n) is 21.5. The average molecular weight is 523 g/mol. The van der Waals surface area contributed by atoms with Crippen molar-refractivity contribution in [2.45, 2.75) is 56.0 Å². The number of carboxylic acids is 1. The summed E-state index contributed by atoms with van der Waals surface area (Å²) in [6.45, 7) is 1.32. The molecule has 200 valence electrons. The van der Waals surface area contributed by atoms with E-state index >= 15 is 0 Å². The summed E-state index contributed by atoms with van der Waals surface area (Å²) in [4.78, 5) is 17.1. The van der Waals surface area contributed by atoms with Crippen molar-refractivity contribution in [3.8, 4) is 11.4 Å². The Labute approximate surface area is 218 Å². The molecular formula is C28H31FN4O5. The maximum atomic E-state index is 14.5. The summed E-state index contributed by atoms with van der Waals surface area (Å²) in [5, 5.41) is 17.9. The van der Waals surface area contributed by atoms with Crippen molar-refractivity contribution < 1.29 is 28.5 Å². The first-order valence-electron chi connectivity index (χ1n) is 13.0. The second-order valence-electron chi connectivity index (χ2n) is 10.3. The molecular weight excluding hydrogens is 491 g/mol. The summed E-state index contributed by atoms with van der Waals surface area (Å²) in [7, 11) is 2.94. The summed E-state index contributed by atoms with van der Waals surface area (Å²) in [6.07, 6.45) is 5.60. The number of pyridine rings is 1. The van der Waals surface area contributed by atoms with Gasteiger partial charge in [0.25, 0.3) is 0 Å². The quantitative estimate of drug-likeness (QED) is 0.364. The molecule has 0 radical (unpaired) electrons. The minimum Gasteiger partial charge on any atom is -0.494 e. The van der Waals surface area contributed by atoms with Crippen LogP contribution in [0, 0.1) is 5.82 Å². The topological polar surface area (TPSA) is 111 Å². The number of methoxy groups -OCH3 is 2. The summed E-state index contributed by atoms with van der Waals surface area (Å²) in [5.41, 5.74) is 4.35. The third-order valence-corrected chi connectivity index (χ3v) is 8.40. The zero-order valence-corrected chi connectivity index (χ0v) is 21.5. The molecule has 9 nitrogen and oxygen atoms in total. The Morgan fingerprint density at radius 2 is 1.92 bits per heavy atom. The normalized spacial score (nSPS) is 22.8. The van der Waals surface area contributed by atoms with Crippen LogP contribution in [0.25, 0.3) is 27.8 Å². The SMILES string of the molecule is COc1cc(-n2c(C3CCOCC3)c(C3CCC(OC)(C(=O)O)CC3)c3nc4[nH]ncc4cc32)ccc1F. The highest BCUT2D eigenvalue weighted by atomic mass is 19.1. The van der Waals surface area contributed by atoms with E-state index in [1.54, 1.807) is 18.3 Å². The largest absolute Gasteiger partial charge is 0.494 e. The Morgan fingerprint density at radius 3 is 2.61 bits per heavy atom. The molecule has 10 heteroatoms. The number of aromatic nitrogens is 4. The first-order chi connectivity index (χ1) is 18.5. The second-order valence-corrected chi connectivity index (χ2v) is 10.3. The highest BCUT2D eigenvalue weighted by Crippen LogP contribution is 2.48. The number of aromatic amines is 1. The van der Waals surface area contributed by atoms with E-state index in [-0.39, 0.29) is 17.6 Å². The smallest absolute Gasteiger partial charge is 0.335 e. The third-order valence-electron chi connectivity index (χ3n) is 8.40. The van der Waals surface area contributed by atoms with Gasteiger partial charge in [0, 0.05) is 54.6 Å². The van der Waals surface area contributed by atoms with Gasteiger partial charge in [0.15, 0.2) is 22.8 Å². The van der Waals surface area contributed by atoms with Crippen LogP contribution in [0.3, 0.4) is 0 Å². The van der Waals surface area contributed by atoms with E-state index in [0.717, 1.165) is 46.2 Å². The molecule has 1 saturated heterocycles. The molecule has 1 aromatic carbocycles. The number of ether oxygens (including phenoxy) is 3. The van der Waals surface area contributed by atoms with E-state index in [1.807, 2.05) is 0 Å². The molecule has 1 saturated carbocycles. The van der Waals surface area contributed by atoms with E-state index < -0.39 is 17.4 Å². The molecule has 0 atom stereocenters. The Kier molecular flexibility index (Phi) is 6.31. The van der Waals surface area contributed by atoms with Crippen LogP contribution in [0.2, 0.25) is 0 Å². The molecule has 2 aliphatic rings. The van der Waals surface area contributed by atoms with Gasteiger partial charge in [0.05, 0.1) is 24.3 Å². The number of rotatable bonds is 6. The van der Waals surface area contributed by atoms with Crippen LogP contribution in [-0.2, 0) is 14.3 Å². The molecule has 2 fully saturated rings. The molecule has 1 aliphatic heterocycles. The molecule has 4 aromatic rings. The van der Waals surface area contributed by atoms with Crippen LogP contribution in [0.15, 0.2) is 30.5 Å². The second kappa shape index (κ2) is 9.67. The van der Waals surface area contributed by atoms with E-state index in [9.17, 15) is 14.3 Å². The molecule has 0 unspecified atom stereocenters. The maximum absolute atomic E-state index is 14.5. The van der Waals surface area contributed by atoms with Gasteiger partial charge in [-0.15, -0.1) is 0 Å². The molecule has 0 bridgehead atoms. The summed E-state index contributed by atoms with van der Waals surface area (Å²) < 4.78 is 33.2. The lowest BCUT2D eigenvalue weighted by Gasteiger charge is -2.36. The van der Waals surface area contributed by atoms with Crippen LogP contribution in [0.4, 0.5) is 4.39 Å². The van der Waals surface area contributed by atoms with E-state index in [1.165, 1.54) is 20.3 Å². The number of carbonyl (C=O) groups is 1. The van der Waals surface area contributed by atoms with Crippen molar-refractivity contribution in [2.75, 3.05) is 27.4 Å². The van der Waals surface area contributed by atoms with E-state index in [2.05, 4.69) is 20.8 Å². The molecule has 3 aromatic heterocycles. The maximum Gasteiger partial charge on any atom is 0.335 e. The van der Waals surface area contributed by atoms with Crippen LogP contribution in [0.5, 0.6) is 5.75 Å². The number of aliphatic carboxylic acids is 1. The van der Waals surface area contributed by atoms with Gasteiger partial charge in [-0.2, -0.15) is 5.10 Å². The standard InChI is InChI=1S/C28H31FN4O5/c1-36-22-14-19(3-4-20(22)29)33-21-13-18-15-30-32-26(18)31-24(21)23(25(33)17-7-11-38-12-8-17)16-5-9-28(37-2,10-6-16)27(34)35/h3-4,13-17H,5-12H2,1-2H3,(H,34,35)(H,30,31,32). The third kappa shape index (κ3) is 3.94. The number of benzene rings is 1. The van der Waals surface area contributed by atoms with Crippen molar-refractivity contribution in [1.82, 2.24) is 19.7 Å². The fraction of sp³-hybridized carbons (Fsp3) is 0.464. The summed E-state index contributed by atoms with van der Waals surface area (Å²) in [6, 6.07) is 6.99. The van der Waals surface area contributed by atoms with Crippen molar-refractivity contribution in [2.24, 2.45) is 0 Å². The average Bonchev–Trinajstić information content (AvgIpc) is 3.54. The first kappa shape index (κ1) is 24.8. The molecule has 0 amide bonds. The molecule has 1 aliphatic carbocycles. The predicted molar refractivity (Wildman–Crippen MR) is 139 cm³/mol. The van der Waals surface area contributed by atoms with Gasteiger partial charge < -0.3 is 23.9 Å². The van der Waals surface area contributed by atoms with E-state index in [0.29, 0.717) is 44.5 Å². The van der Waals surface area contributed by atoms with Crippen molar-refractivity contribution in [1.29, 1.82) is 0 Å². The van der Waals surface area contributed by atoms with E-state index in [4.69, 9.17) is 19.2 Å². The Hall–Kier alpha value is -3.50. The Bertz CT molecular complexity index is 1500. The highest BCUT2D eigenvalue weighted by molar-refractivity contribution is 5.94. The van der Waals surface area contributed by atoms with Crippen LogP contribution >= 0.6 is 0 Å².